The quantitative estimate of drug-likeness (QED) is 0.130. The Balaban J connectivity index is 1.25. The molecule has 2 heteroatoms. The first-order chi connectivity index (χ1) is 27.5. The zero-order valence-corrected chi connectivity index (χ0v) is 30.8. The van der Waals surface area contributed by atoms with Gasteiger partial charge >= 0.3 is 0 Å². The third-order valence-electron chi connectivity index (χ3n) is 12.6. The molecule has 2 nitrogen and oxygen atoms in total. The SMILES string of the molecule is [C-]#[N+]c1ccc(C)c(-c2c3c(cc4c2ccc2c5cc6c(c(-c7cc(C#N)ccc7C)c5ccc42)-c2cccc4cccc-6c24)-c2cccc4cccc-3c24)c1. The van der Waals surface area contributed by atoms with Crippen LogP contribution in [0.4, 0.5) is 5.69 Å². The molecule has 0 bridgehead atoms. The number of nitriles is 1. The first kappa shape index (κ1) is 30.9. The highest BCUT2D eigenvalue weighted by molar-refractivity contribution is 6.30. The monoisotopic (exact) mass is 706 g/mol. The average molecular weight is 707 g/mol. The van der Waals surface area contributed by atoms with Gasteiger partial charge in [-0.3, -0.25) is 0 Å². The molecule has 10 aromatic rings. The van der Waals surface area contributed by atoms with Gasteiger partial charge < -0.3 is 0 Å². The lowest BCUT2D eigenvalue weighted by Crippen LogP contribution is -1.94. The fourth-order valence-electron chi connectivity index (χ4n) is 10.2. The van der Waals surface area contributed by atoms with Crippen molar-refractivity contribution in [2.24, 2.45) is 0 Å². The number of fused-ring (bicyclic) bond motifs is 11. The Morgan fingerprint density at radius 3 is 1.38 bits per heavy atom. The number of benzene rings is 10. The maximum Gasteiger partial charge on any atom is 0.187 e. The van der Waals surface area contributed by atoms with E-state index in [1.54, 1.807) is 0 Å². The zero-order valence-electron chi connectivity index (χ0n) is 30.8. The van der Waals surface area contributed by atoms with E-state index in [2.05, 4.69) is 158 Å². The maximum atomic E-state index is 10.1. The molecule has 56 heavy (non-hydrogen) atoms. The smallest absolute Gasteiger partial charge is 0.187 e. The van der Waals surface area contributed by atoms with Crippen molar-refractivity contribution in [2.75, 3.05) is 0 Å². The van der Waals surface area contributed by atoms with Gasteiger partial charge in [0.1, 0.15) is 0 Å². The van der Waals surface area contributed by atoms with Gasteiger partial charge in [-0.2, -0.15) is 5.26 Å². The number of nitrogens with zero attached hydrogens (tertiary/aromatic N) is 2. The van der Waals surface area contributed by atoms with Gasteiger partial charge in [0, 0.05) is 0 Å². The Hall–Kier alpha value is -7.52. The molecule has 2 aliphatic rings. The van der Waals surface area contributed by atoms with E-state index < -0.39 is 0 Å². The Morgan fingerprint density at radius 1 is 0.411 bits per heavy atom. The first-order valence-electron chi connectivity index (χ1n) is 19.1. The van der Waals surface area contributed by atoms with Crippen molar-refractivity contribution >= 4 is 59.5 Å². The van der Waals surface area contributed by atoms with E-state index in [0.29, 0.717) is 11.3 Å². The van der Waals surface area contributed by atoms with Gasteiger partial charge in [0.2, 0.25) is 0 Å². The second kappa shape index (κ2) is 11.0. The number of rotatable bonds is 2. The average Bonchev–Trinajstić information content (AvgIpc) is 3.74. The molecule has 0 aromatic heterocycles. The lowest BCUT2D eigenvalue weighted by molar-refractivity contribution is 1.43. The van der Waals surface area contributed by atoms with Crippen molar-refractivity contribution in [1.82, 2.24) is 0 Å². The molecule has 2 aliphatic carbocycles. The summed E-state index contributed by atoms with van der Waals surface area (Å²) in [6.07, 6.45) is 0. The third kappa shape index (κ3) is 3.93. The van der Waals surface area contributed by atoms with Crippen molar-refractivity contribution in [2.45, 2.75) is 13.8 Å². The van der Waals surface area contributed by atoms with Gasteiger partial charge in [-0.05, 0) is 176 Å². The lowest BCUT2D eigenvalue weighted by Gasteiger charge is -2.21. The van der Waals surface area contributed by atoms with E-state index in [1.165, 1.54) is 109 Å². The molecule has 0 fully saturated rings. The molecule has 0 heterocycles. The molecular formula is C54H30N2. The minimum absolute atomic E-state index is 0.644. The summed E-state index contributed by atoms with van der Waals surface area (Å²) < 4.78 is 0. The molecule has 0 saturated carbocycles. The molecule has 0 spiro atoms. The summed E-state index contributed by atoms with van der Waals surface area (Å²) in [5, 5.41) is 22.3. The molecular weight excluding hydrogens is 677 g/mol. The van der Waals surface area contributed by atoms with Crippen LogP contribution in [-0.4, -0.2) is 0 Å². The van der Waals surface area contributed by atoms with Crippen molar-refractivity contribution in [3.63, 3.8) is 0 Å². The molecule has 0 atom stereocenters. The molecule has 0 unspecified atom stereocenters. The standard InChI is InChI=1S/C54H30N2/c1-29-16-18-31(28-55)24-43(29)51-39-22-20-36-35(45(39)26-47-37-12-4-8-32-10-6-14-41(49(32)37)53(47)51)21-23-40-46(36)27-48-38-13-5-9-33-11-7-15-42(50(33)38)54(48)52(40)44-25-34(56-3)19-17-30(44)2/h4-27H,1-2H3. The lowest BCUT2D eigenvalue weighted by atomic mass is 9.82. The topological polar surface area (TPSA) is 28.1 Å². The fraction of sp³-hybridized carbons (Fsp3) is 0.0370. The van der Waals surface area contributed by atoms with Crippen LogP contribution in [0.5, 0.6) is 0 Å². The van der Waals surface area contributed by atoms with Crippen LogP contribution in [0.1, 0.15) is 16.7 Å². The van der Waals surface area contributed by atoms with Crippen LogP contribution in [0.3, 0.4) is 0 Å². The van der Waals surface area contributed by atoms with Gasteiger partial charge in [0.05, 0.1) is 18.2 Å². The predicted molar refractivity (Wildman–Crippen MR) is 234 cm³/mol. The molecule has 0 N–H and O–H groups in total. The fourth-order valence-corrected chi connectivity index (χ4v) is 10.2. The second-order valence-electron chi connectivity index (χ2n) is 15.4. The van der Waals surface area contributed by atoms with Crippen molar-refractivity contribution in [3.05, 3.63) is 174 Å². The van der Waals surface area contributed by atoms with Gasteiger partial charge in [0.25, 0.3) is 0 Å². The molecule has 0 amide bonds. The molecule has 256 valence electrons. The van der Waals surface area contributed by atoms with E-state index in [4.69, 9.17) is 6.57 Å². The van der Waals surface area contributed by atoms with Crippen LogP contribution in [0, 0.1) is 31.8 Å². The van der Waals surface area contributed by atoms with Gasteiger partial charge in [0.15, 0.2) is 5.69 Å². The highest BCUT2D eigenvalue weighted by Gasteiger charge is 2.30. The van der Waals surface area contributed by atoms with E-state index in [1.807, 2.05) is 12.1 Å². The minimum atomic E-state index is 0.644. The second-order valence-corrected chi connectivity index (χ2v) is 15.4. The predicted octanol–water partition coefficient (Wildman–Crippen LogP) is 15.1. The summed E-state index contributed by atoms with van der Waals surface area (Å²) in [5.74, 6) is 0. The zero-order chi connectivity index (χ0) is 37.4. The Labute approximate surface area is 324 Å². The third-order valence-corrected chi connectivity index (χ3v) is 12.6. The van der Waals surface area contributed by atoms with Gasteiger partial charge in [-0.25, -0.2) is 4.85 Å². The van der Waals surface area contributed by atoms with Crippen LogP contribution < -0.4 is 0 Å². The summed E-state index contributed by atoms with van der Waals surface area (Å²) in [4.78, 5) is 3.87. The summed E-state index contributed by atoms with van der Waals surface area (Å²) in [5.41, 5.74) is 18.1. The summed E-state index contributed by atoms with van der Waals surface area (Å²) in [6.45, 7) is 12.2. The van der Waals surface area contributed by atoms with Gasteiger partial charge in [-0.1, -0.05) is 115 Å². The summed E-state index contributed by atoms with van der Waals surface area (Å²) in [7, 11) is 0. The van der Waals surface area contributed by atoms with Crippen LogP contribution in [-0.2, 0) is 0 Å². The van der Waals surface area contributed by atoms with E-state index in [-0.39, 0.29) is 0 Å². The molecule has 0 aliphatic heterocycles. The Kier molecular flexibility index (Phi) is 6.08. The Morgan fingerprint density at radius 2 is 0.875 bits per heavy atom. The number of hydrogen-bond donors (Lipinski definition) is 0. The van der Waals surface area contributed by atoms with Crippen molar-refractivity contribution in [1.29, 1.82) is 5.26 Å². The molecule has 12 rings (SSSR count). The van der Waals surface area contributed by atoms with E-state index >= 15 is 0 Å². The highest BCUT2D eigenvalue weighted by atomic mass is 14.6. The molecule has 10 aromatic carbocycles. The highest BCUT2D eigenvalue weighted by Crippen LogP contribution is 2.57. The molecule has 0 radical (unpaired) electrons. The number of aryl methyl sites for hydroxylation is 2. The Bertz CT molecular complexity index is 3320. The van der Waals surface area contributed by atoms with Crippen LogP contribution in [0.15, 0.2) is 146 Å². The normalized spacial score (nSPS) is 12.1. The van der Waals surface area contributed by atoms with Crippen molar-refractivity contribution < 1.29 is 0 Å². The summed E-state index contributed by atoms with van der Waals surface area (Å²) >= 11 is 0. The summed E-state index contributed by atoms with van der Waals surface area (Å²) in [6, 6.07) is 55.3. The van der Waals surface area contributed by atoms with E-state index in [0.717, 1.165) is 22.3 Å². The van der Waals surface area contributed by atoms with Gasteiger partial charge in [-0.15, -0.1) is 0 Å². The van der Waals surface area contributed by atoms with Crippen LogP contribution in [0.25, 0.3) is 125 Å². The number of hydrogen-bond acceptors (Lipinski definition) is 1. The first-order valence-corrected chi connectivity index (χ1v) is 19.1. The van der Waals surface area contributed by atoms with Crippen LogP contribution >= 0.6 is 0 Å². The molecule has 0 saturated heterocycles. The largest absolute Gasteiger partial charge is 0.238 e. The van der Waals surface area contributed by atoms with Crippen molar-refractivity contribution in [3.8, 4) is 72.8 Å². The maximum absolute atomic E-state index is 10.1. The van der Waals surface area contributed by atoms with Crippen LogP contribution in [0.2, 0.25) is 0 Å². The van der Waals surface area contributed by atoms with E-state index in [9.17, 15) is 5.26 Å². The minimum Gasteiger partial charge on any atom is -0.238 e.